The molecule has 10 heteroatoms. The van der Waals surface area contributed by atoms with Crippen LogP contribution in [0.25, 0.3) is 0 Å². The Balaban J connectivity index is 1.66. The predicted octanol–water partition coefficient (Wildman–Crippen LogP) is 2.98. The number of nitrogens with one attached hydrogen (secondary N) is 3. The second-order valence-corrected chi connectivity index (χ2v) is 9.08. The molecule has 0 spiro atoms. The molecule has 1 aromatic carbocycles. The van der Waals surface area contributed by atoms with Gasteiger partial charge in [0.05, 0.1) is 24.3 Å². The van der Waals surface area contributed by atoms with Gasteiger partial charge in [-0.3, -0.25) is 19.4 Å². The second kappa shape index (κ2) is 8.82. The van der Waals surface area contributed by atoms with Crippen LogP contribution in [0.2, 0.25) is 5.02 Å². The number of hydrogen-bond donors (Lipinski definition) is 3. The molecular weight excluding hydrogens is 434 g/mol. The molecule has 1 saturated heterocycles. The number of benzene rings is 1. The Morgan fingerprint density at radius 3 is 2.66 bits per heavy atom. The van der Waals surface area contributed by atoms with Gasteiger partial charge in [-0.25, -0.2) is 0 Å². The van der Waals surface area contributed by atoms with Gasteiger partial charge < -0.3 is 20.3 Å². The molecule has 0 radical (unpaired) electrons. The summed E-state index contributed by atoms with van der Waals surface area (Å²) in [7, 11) is 1.47. The standard InChI is InChI=1S/C22H26ClN5O4/c1-11-6-12(2)10-28(9-11)22-26-19-18(21(31)27-22)14(8-17(29)25-19)20(30)24-15-7-13(23)4-5-16(15)32-3/h4-5,7,11-12,14H,6,8-10H2,1-3H3,(H,24,30)(H2,25,26,27,29,31)/t11-,12-,14+/m0/s1. The number of H-pyrrole nitrogens is 1. The Morgan fingerprint density at radius 1 is 1.25 bits per heavy atom. The Labute approximate surface area is 190 Å². The molecule has 4 rings (SSSR count). The number of rotatable bonds is 4. The van der Waals surface area contributed by atoms with Crippen LogP contribution in [-0.2, 0) is 9.59 Å². The minimum absolute atomic E-state index is 0.129. The van der Waals surface area contributed by atoms with Crippen molar-refractivity contribution in [3.63, 3.8) is 0 Å². The molecule has 0 bridgehead atoms. The number of methoxy groups -OCH3 is 1. The molecule has 170 valence electrons. The quantitative estimate of drug-likeness (QED) is 0.647. The maximum Gasteiger partial charge on any atom is 0.258 e. The molecule has 2 amide bonds. The first-order valence-corrected chi connectivity index (χ1v) is 11.0. The Morgan fingerprint density at radius 2 is 1.97 bits per heavy atom. The molecule has 9 nitrogen and oxygen atoms in total. The Hall–Kier alpha value is -3.07. The van der Waals surface area contributed by atoms with E-state index in [4.69, 9.17) is 16.3 Å². The molecule has 3 N–H and O–H groups in total. The minimum Gasteiger partial charge on any atom is -0.495 e. The van der Waals surface area contributed by atoms with Gasteiger partial charge in [0.15, 0.2) is 0 Å². The van der Waals surface area contributed by atoms with Crippen molar-refractivity contribution in [2.24, 2.45) is 11.8 Å². The van der Waals surface area contributed by atoms with E-state index in [1.807, 2.05) is 4.90 Å². The average molecular weight is 460 g/mol. The molecule has 0 aliphatic carbocycles. The fourth-order valence-electron chi connectivity index (χ4n) is 4.57. The van der Waals surface area contributed by atoms with Gasteiger partial charge >= 0.3 is 0 Å². The molecule has 32 heavy (non-hydrogen) atoms. The lowest BCUT2D eigenvalue weighted by atomic mass is 9.91. The summed E-state index contributed by atoms with van der Waals surface area (Å²) in [5.41, 5.74) is 0.0638. The second-order valence-electron chi connectivity index (χ2n) is 8.64. The van der Waals surface area contributed by atoms with Crippen molar-refractivity contribution < 1.29 is 14.3 Å². The van der Waals surface area contributed by atoms with Crippen LogP contribution in [0.4, 0.5) is 17.5 Å². The third kappa shape index (κ3) is 4.43. The smallest absolute Gasteiger partial charge is 0.258 e. The van der Waals surface area contributed by atoms with Crippen LogP contribution in [0.15, 0.2) is 23.0 Å². The number of nitrogens with zero attached hydrogens (tertiary/aromatic N) is 2. The molecule has 2 aromatic rings. The largest absolute Gasteiger partial charge is 0.495 e. The third-order valence-corrected chi connectivity index (χ3v) is 6.08. The summed E-state index contributed by atoms with van der Waals surface area (Å²) in [5.74, 6) is -0.0103. The molecule has 2 aliphatic heterocycles. The third-order valence-electron chi connectivity index (χ3n) is 5.84. The predicted molar refractivity (Wildman–Crippen MR) is 123 cm³/mol. The van der Waals surface area contributed by atoms with Crippen LogP contribution in [-0.4, -0.2) is 42.0 Å². The SMILES string of the molecule is COc1ccc(Cl)cc1NC(=O)[C@@H]1CC(=O)Nc2nc(N3C[C@@H](C)C[C@H](C)C3)[nH]c(=O)c21. The maximum absolute atomic E-state index is 13.1. The van der Waals surface area contributed by atoms with Crippen LogP contribution in [0.1, 0.15) is 38.2 Å². The topological polar surface area (TPSA) is 116 Å². The zero-order valence-corrected chi connectivity index (χ0v) is 19.0. The van der Waals surface area contributed by atoms with E-state index in [2.05, 4.69) is 34.4 Å². The molecule has 0 unspecified atom stereocenters. The fourth-order valence-corrected chi connectivity index (χ4v) is 4.74. The first-order valence-electron chi connectivity index (χ1n) is 10.6. The first kappa shape index (κ1) is 22.1. The van der Waals surface area contributed by atoms with Gasteiger partial charge in [-0.15, -0.1) is 0 Å². The molecule has 3 atom stereocenters. The maximum atomic E-state index is 13.1. The van der Waals surface area contributed by atoms with Gasteiger partial charge in [-0.2, -0.15) is 4.98 Å². The van der Waals surface area contributed by atoms with E-state index in [0.29, 0.717) is 34.2 Å². The van der Waals surface area contributed by atoms with Crippen molar-refractivity contribution in [2.75, 3.05) is 35.7 Å². The highest BCUT2D eigenvalue weighted by atomic mass is 35.5. The zero-order chi connectivity index (χ0) is 23.0. The summed E-state index contributed by atoms with van der Waals surface area (Å²) in [4.78, 5) is 47.9. The van der Waals surface area contributed by atoms with E-state index in [1.54, 1.807) is 18.2 Å². The number of ether oxygens (including phenoxy) is 1. The van der Waals surface area contributed by atoms with E-state index < -0.39 is 17.4 Å². The molecule has 2 aliphatic rings. The van der Waals surface area contributed by atoms with Crippen LogP contribution >= 0.6 is 11.6 Å². The van der Waals surface area contributed by atoms with Gasteiger partial charge in [0, 0.05) is 24.5 Å². The number of carbonyl (C=O) groups excluding carboxylic acids is 2. The van der Waals surface area contributed by atoms with Gasteiger partial charge in [-0.05, 0) is 36.5 Å². The number of aromatic amines is 1. The summed E-state index contributed by atoms with van der Waals surface area (Å²) in [6.45, 7) is 5.84. The minimum atomic E-state index is -0.994. The number of halogens is 1. The Bertz CT molecular complexity index is 1110. The number of anilines is 3. The number of piperidine rings is 1. The lowest BCUT2D eigenvalue weighted by Crippen LogP contribution is -2.42. The average Bonchev–Trinajstić information content (AvgIpc) is 2.72. The summed E-state index contributed by atoms with van der Waals surface area (Å²) in [6, 6.07) is 4.81. The highest BCUT2D eigenvalue weighted by Crippen LogP contribution is 2.33. The van der Waals surface area contributed by atoms with E-state index in [-0.39, 0.29) is 23.7 Å². The van der Waals surface area contributed by atoms with Gasteiger partial charge in [-0.1, -0.05) is 25.4 Å². The summed E-state index contributed by atoms with van der Waals surface area (Å²) >= 11 is 6.04. The molecule has 1 aromatic heterocycles. The summed E-state index contributed by atoms with van der Waals surface area (Å²) in [6.07, 6.45) is 0.946. The molecule has 3 heterocycles. The van der Waals surface area contributed by atoms with Gasteiger partial charge in [0.1, 0.15) is 11.6 Å². The zero-order valence-electron chi connectivity index (χ0n) is 18.2. The van der Waals surface area contributed by atoms with Crippen molar-refractivity contribution >= 4 is 40.9 Å². The lowest BCUT2D eigenvalue weighted by molar-refractivity contribution is -0.123. The molecule has 1 fully saturated rings. The molecule has 0 saturated carbocycles. The van der Waals surface area contributed by atoms with E-state index in [9.17, 15) is 14.4 Å². The van der Waals surface area contributed by atoms with Crippen LogP contribution < -0.4 is 25.8 Å². The summed E-state index contributed by atoms with van der Waals surface area (Å²) < 4.78 is 5.26. The number of carbonyl (C=O) groups is 2. The van der Waals surface area contributed by atoms with Crippen LogP contribution in [0, 0.1) is 11.8 Å². The highest BCUT2D eigenvalue weighted by Gasteiger charge is 2.36. The van der Waals surface area contributed by atoms with Crippen molar-refractivity contribution in [3.05, 3.63) is 39.1 Å². The van der Waals surface area contributed by atoms with Crippen molar-refractivity contribution in [3.8, 4) is 5.75 Å². The van der Waals surface area contributed by atoms with Crippen LogP contribution in [0.5, 0.6) is 5.75 Å². The van der Waals surface area contributed by atoms with Crippen molar-refractivity contribution in [1.82, 2.24) is 9.97 Å². The summed E-state index contributed by atoms with van der Waals surface area (Å²) in [5, 5.41) is 5.81. The van der Waals surface area contributed by atoms with E-state index >= 15 is 0 Å². The number of fused-ring (bicyclic) bond motifs is 1. The van der Waals surface area contributed by atoms with Gasteiger partial charge in [0.2, 0.25) is 17.8 Å². The fraction of sp³-hybridized carbons (Fsp3) is 0.455. The normalized spacial score (nSPS) is 22.7. The van der Waals surface area contributed by atoms with E-state index in [1.165, 1.54) is 7.11 Å². The van der Waals surface area contributed by atoms with Crippen molar-refractivity contribution in [2.45, 2.75) is 32.6 Å². The van der Waals surface area contributed by atoms with Gasteiger partial charge in [0.25, 0.3) is 5.56 Å². The Kier molecular flexibility index (Phi) is 6.10. The monoisotopic (exact) mass is 459 g/mol. The first-order chi connectivity index (χ1) is 15.2. The molecular formula is C22H26ClN5O4. The number of amides is 2. The number of hydrogen-bond acceptors (Lipinski definition) is 6. The lowest BCUT2D eigenvalue weighted by Gasteiger charge is -2.35. The highest BCUT2D eigenvalue weighted by molar-refractivity contribution is 6.31. The van der Waals surface area contributed by atoms with Crippen LogP contribution in [0.3, 0.4) is 0 Å². The number of aromatic nitrogens is 2. The van der Waals surface area contributed by atoms with Crippen molar-refractivity contribution in [1.29, 1.82) is 0 Å². The van der Waals surface area contributed by atoms with E-state index in [0.717, 1.165) is 19.5 Å².